The molecule has 0 saturated carbocycles. The molecular formula is C17H17Cl2NO2. The minimum absolute atomic E-state index is 0.0851. The van der Waals surface area contributed by atoms with E-state index in [1.807, 2.05) is 31.2 Å². The molecule has 0 aliphatic heterocycles. The lowest BCUT2D eigenvalue weighted by atomic mass is 10.2. The van der Waals surface area contributed by atoms with Gasteiger partial charge < -0.3 is 10.1 Å². The monoisotopic (exact) mass is 337 g/mol. The van der Waals surface area contributed by atoms with Crippen molar-refractivity contribution in [3.63, 3.8) is 0 Å². The Bertz CT molecular complexity index is 642. The van der Waals surface area contributed by atoms with Gasteiger partial charge in [0.1, 0.15) is 5.75 Å². The highest BCUT2D eigenvalue weighted by molar-refractivity contribution is 6.35. The van der Waals surface area contributed by atoms with Gasteiger partial charge in [-0.3, -0.25) is 4.79 Å². The van der Waals surface area contributed by atoms with Crippen molar-refractivity contribution in [3.8, 4) is 5.75 Å². The molecular weight excluding hydrogens is 321 g/mol. The lowest BCUT2D eigenvalue weighted by molar-refractivity contribution is -0.121. The number of amides is 1. The van der Waals surface area contributed by atoms with Crippen molar-refractivity contribution in [1.82, 2.24) is 5.32 Å². The Morgan fingerprint density at radius 2 is 1.86 bits per heavy atom. The predicted octanol–water partition coefficient (Wildman–Crippen LogP) is 4.39. The SMILES string of the molecule is Cc1ccc(OCCC(=O)NCc2ccc(Cl)cc2Cl)cc1. The largest absolute Gasteiger partial charge is 0.493 e. The number of carbonyl (C=O) groups excluding carboxylic acids is 1. The van der Waals surface area contributed by atoms with E-state index in [1.165, 1.54) is 5.56 Å². The second kappa shape index (κ2) is 8.06. The zero-order valence-electron chi connectivity index (χ0n) is 12.2. The topological polar surface area (TPSA) is 38.3 Å². The third-order valence-electron chi connectivity index (χ3n) is 3.11. The Hall–Kier alpha value is -1.71. The molecule has 0 aliphatic carbocycles. The van der Waals surface area contributed by atoms with E-state index in [0.717, 1.165) is 11.3 Å². The summed E-state index contributed by atoms with van der Waals surface area (Å²) in [5.41, 5.74) is 2.00. The van der Waals surface area contributed by atoms with Gasteiger partial charge >= 0.3 is 0 Å². The molecule has 0 fully saturated rings. The maximum Gasteiger partial charge on any atom is 0.223 e. The molecule has 0 bridgehead atoms. The summed E-state index contributed by atoms with van der Waals surface area (Å²) in [5.74, 6) is 0.678. The lowest BCUT2D eigenvalue weighted by Crippen LogP contribution is -2.24. The third kappa shape index (κ3) is 5.24. The summed E-state index contributed by atoms with van der Waals surface area (Å²) >= 11 is 11.9. The van der Waals surface area contributed by atoms with Crippen molar-refractivity contribution in [2.24, 2.45) is 0 Å². The fourth-order valence-electron chi connectivity index (χ4n) is 1.84. The van der Waals surface area contributed by atoms with Crippen LogP contribution in [0.4, 0.5) is 0 Å². The molecule has 2 rings (SSSR count). The number of nitrogens with one attached hydrogen (secondary N) is 1. The standard InChI is InChI=1S/C17H17Cl2NO2/c1-12-2-6-15(7-3-12)22-9-8-17(21)20-11-13-4-5-14(18)10-16(13)19/h2-7,10H,8-9,11H2,1H3,(H,20,21). The molecule has 2 aromatic rings. The third-order valence-corrected chi connectivity index (χ3v) is 3.70. The summed E-state index contributed by atoms with van der Waals surface area (Å²) in [4.78, 5) is 11.8. The van der Waals surface area contributed by atoms with Crippen LogP contribution in [0, 0.1) is 6.92 Å². The Balaban J connectivity index is 1.72. The molecule has 1 N–H and O–H groups in total. The molecule has 0 radical (unpaired) electrons. The molecule has 0 aliphatic rings. The van der Waals surface area contributed by atoms with E-state index in [4.69, 9.17) is 27.9 Å². The van der Waals surface area contributed by atoms with E-state index in [0.29, 0.717) is 29.6 Å². The van der Waals surface area contributed by atoms with Crippen LogP contribution in [0.15, 0.2) is 42.5 Å². The summed E-state index contributed by atoms with van der Waals surface area (Å²) in [6.45, 7) is 2.72. The van der Waals surface area contributed by atoms with E-state index in [1.54, 1.807) is 18.2 Å². The fourth-order valence-corrected chi connectivity index (χ4v) is 2.32. The highest BCUT2D eigenvalue weighted by Gasteiger charge is 2.05. The Kier molecular flexibility index (Phi) is 6.10. The minimum Gasteiger partial charge on any atom is -0.493 e. The second-order valence-corrected chi connectivity index (χ2v) is 5.77. The predicted molar refractivity (Wildman–Crippen MR) is 89.6 cm³/mol. The molecule has 22 heavy (non-hydrogen) atoms. The van der Waals surface area contributed by atoms with Gasteiger partial charge in [-0.2, -0.15) is 0 Å². The van der Waals surface area contributed by atoms with Crippen LogP contribution in [0.1, 0.15) is 17.5 Å². The van der Waals surface area contributed by atoms with Crippen LogP contribution in [-0.4, -0.2) is 12.5 Å². The molecule has 0 unspecified atom stereocenters. The number of halogens is 2. The van der Waals surface area contributed by atoms with Gasteiger partial charge in [0.05, 0.1) is 13.0 Å². The first kappa shape index (κ1) is 16.7. The van der Waals surface area contributed by atoms with Gasteiger partial charge in [0.2, 0.25) is 5.91 Å². The first-order chi connectivity index (χ1) is 10.5. The first-order valence-electron chi connectivity index (χ1n) is 6.94. The Morgan fingerprint density at radius 1 is 1.14 bits per heavy atom. The number of ether oxygens (including phenoxy) is 1. The average Bonchev–Trinajstić information content (AvgIpc) is 2.48. The minimum atomic E-state index is -0.0851. The van der Waals surface area contributed by atoms with Gasteiger partial charge in [-0.1, -0.05) is 47.0 Å². The van der Waals surface area contributed by atoms with E-state index in [2.05, 4.69) is 5.32 Å². The number of rotatable bonds is 6. The Morgan fingerprint density at radius 3 is 2.55 bits per heavy atom. The van der Waals surface area contributed by atoms with Crippen LogP contribution < -0.4 is 10.1 Å². The van der Waals surface area contributed by atoms with E-state index in [-0.39, 0.29) is 5.91 Å². The summed E-state index contributed by atoms with van der Waals surface area (Å²) < 4.78 is 5.52. The fraction of sp³-hybridized carbons (Fsp3) is 0.235. The van der Waals surface area contributed by atoms with Gasteiger partial charge in [0.25, 0.3) is 0 Å². The molecule has 3 nitrogen and oxygen atoms in total. The van der Waals surface area contributed by atoms with Crippen molar-refractivity contribution in [1.29, 1.82) is 0 Å². The molecule has 2 aromatic carbocycles. The summed E-state index contributed by atoms with van der Waals surface area (Å²) in [5, 5.41) is 3.93. The van der Waals surface area contributed by atoms with E-state index < -0.39 is 0 Å². The van der Waals surface area contributed by atoms with Crippen molar-refractivity contribution in [3.05, 3.63) is 63.6 Å². The normalized spacial score (nSPS) is 10.3. The maximum atomic E-state index is 11.8. The highest BCUT2D eigenvalue weighted by atomic mass is 35.5. The number of hydrogen-bond acceptors (Lipinski definition) is 2. The molecule has 0 aromatic heterocycles. The first-order valence-corrected chi connectivity index (χ1v) is 7.70. The molecule has 0 spiro atoms. The van der Waals surface area contributed by atoms with Gasteiger partial charge in [0.15, 0.2) is 0 Å². The quantitative estimate of drug-likeness (QED) is 0.848. The van der Waals surface area contributed by atoms with Crippen LogP contribution in [0.2, 0.25) is 10.0 Å². The lowest BCUT2D eigenvalue weighted by Gasteiger charge is -2.09. The van der Waals surface area contributed by atoms with Crippen LogP contribution in [-0.2, 0) is 11.3 Å². The molecule has 0 atom stereocenters. The Labute approximate surface area is 140 Å². The van der Waals surface area contributed by atoms with Gasteiger partial charge in [0, 0.05) is 16.6 Å². The molecule has 0 saturated heterocycles. The summed E-state index contributed by atoms with van der Waals surface area (Å²) in [7, 11) is 0. The highest BCUT2D eigenvalue weighted by Crippen LogP contribution is 2.20. The second-order valence-electron chi connectivity index (χ2n) is 4.92. The van der Waals surface area contributed by atoms with Gasteiger partial charge in [-0.15, -0.1) is 0 Å². The zero-order valence-corrected chi connectivity index (χ0v) is 13.7. The summed E-state index contributed by atoms with van der Waals surface area (Å²) in [6, 6.07) is 12.9. The van der Waals surface area contributed by atoms with Gasteiger partial charge in [-0.05, 0) is 36.8 Å². The van der Waals surface area contributed by atoms with Crippen LogP contribution in [0.3, 0.4) is 0 Å². The maximum absolute atomic E-state index is 11.8. The number of carbonyl (C=O) groups is 1. The average molecular weight is 338 g/mol. The van der Waals surface area contributed by atoms with Gasteiger partial charge in [-0.25, -0.2) is 0 Å². The molecule has 0 heterocycles. The number of hydrogen-bond donors (Lipinski definition) is 1. The van der Waals surface area contributed by atoms with Crippen LogP contribution >= 0.6 is 23.2 Å². The van der Waals surface area contributed by atoms with Crippen LogP contribution in [0.25, 0.3) is 0 Å². The van der Waals surface area contributed by atoms with Crippen LogP contribution in [0.5, 0.6) is 5.75 Å². The van der Waals surface area contributed by atoms with E-state index in [9.17, 15) is 4.79 Å². The number of benzene rings is 2. The molecule has 5 heteroatoms. The molecule has 1 amide bonds. The summed E-state index contributed by atoms with van der Waals surface area (Å²) in [6.07, 6.45) is 0.291. The van der Waals surface area contributed by atoms with E-state index >= 15 is 0 Å². The molecule has 116 valence electrons. The van der Waals surface area contributed by atoms with Crippen molar-refractivity contribution >= 4 is 29.1 Å². The smallest absolute Gasteiger partial charge is 0.223 e. The van der Waals surface area contributed by atoms with Crippen molar-refractivity contribution < 1.29 is 9.53 Å². The number of aryl methyl sites for hydroxylation is 1. The van der Waals surface area contributed by atoms with Crippen molar-refractivity contribution in [2.75, 3.05) is 6.61 Å². The zero-order chi connectivity index (χ0) is 15.9. The van der Waals surface area contributed by atoms with Crippen molar-refractivity contribution in [2.45, 2.75) is 19.9 Å².